The molecule has 0 N–H and O–H groups in total. The molecule has 3 atom stereocenters. The molecule has 107 valence electrons. The maximum atomic E-state index is 12.4. The van der Waals surface area contributed by atoms with E-state index in [1.54, 1.807) is 0 Å². The normalized spacial score (nSPS) is 27.1. The summed E-state index contributed by atoms with van der Waals surface area (Å²) in [5, 5.41) is 2.06. The predicted molar refractivity (Wildman–Crippen MR) is 82.9 cm³/mol. The SMILES string of the molecule is O=C(OC[C@H]1[CH][C@H]2CC[C@@H]1C2)c1cccc2ccccc12. The number of esters is 1. The first-order valence-corrected chi connectivity index (χ1v) is 7.81. The number of fused-ring (bicyclic) bond motifs is 3. The van der Waals surface area contributed by atoms with Crippen LogP contribution in [0.25, 0.3) is 10.8 Å². The smallest absolute Gasteiger partial charge is 0.338 e. The third-order valence-corrected chi connectivity index (χ3v) is 5.06. The van der Waals surface area contributed by atoms with Crippen LogP contribution in [-0.4, -0.2) is 12.6 Å². The minimum Gasteiger partial charge on any atom is -0.462 e. The van der Waals surface area contributed by atoms with E-state index in [0.29, 0.717) is 18.1 Å². The molecule has 2 aromatic rings. The average molecular weight is 279 g/mol. The van der Waals surface area contributed by atoms with Gasteiger partial charge in [-0.1, -0.05) is 36.4 Å². The highest BCUT2D eigenvalue weighted by atomic mass is 16.5. The van der Waals surface area contributed by atoms with Gasteiger partial charge in [-0.15, -0.1) is 0 Å². The second kappa shape index (κ2) is 5.18. The molecule has 0 amide bonds. The number of carbonyl (C=O) groups excluding carboxylic acids is 1. The fourth-order valence-electron chi connectivity index (χ4n) is 3.97. The zero-order valence-corrected chi connectivity index (χ0v) is 12.0. The molecule has 0 saturated heterocycles. The van der Waals surface area contributed by atoms with Crippen LogP contribution in [0.1, 0.15) is 29.6 Å². The van der Waals surface area contributed by atoms with Crippen LogP contribution in [-0.2, 0) is 4.74 Å². The Balaban J connectivity index is 1.49. The van der Waals surface area contributed by atoms with E-state index in [1.807, 2.05) is 42.5 Å². The van der Waals surface area contributed by atoms with E-state index in [4.69, 9.17) is 4.74 Å². The molecule has 4 rings (SSSR count). The van der Waals surface area contributed by atoms with Crippen molar-refractivity contribution in [2.75, 3.05) is 6.61 Å². The standard InChI is InChI=1S/C19H19O2/c20-19(21-12-16-11-13-8-9-15(16)10-13)18-7-3-5-14-4-1-2-6-17(14)18/h1-7,11,13,15-16H,8-10,12H2/t13-,15+,16+/m0/s1. The molecule has 2 heteroatoms. The zero-order valence-electron chi connectivity index (χ0n) is 12.0. The summed E-state index contributed by atoms with van der Waals surface area (Å²) in [6.45, 7) is 0.545. The minimum atomic E-state index is -0.192. The summed E-state index contributed by atoms with van der Waals surface area (Å²) in [5.74, 6) is 1.80. The van der Waals surface area contributed by atoms with Gasteiger partial charge in [0.15, 0.2) is 0 Å². The highest BCUT2D eigenvalue weighted by Gasteiger charge is 2.40. The Kier molecular flexibility index (Phi) is 3.17. The predicted octanol–water partition coefficient (Wildman–Crippen LogP) is 4.25. The Hall–Kier alpha value is -1.83. The molecule has 0 aromatic heterocycles. The maximum absolute atomic E-state index is 12.4. The number of benzene rings is 2. The van der Waals surface area contributed by atoms with Gasteiger partial charge in [0.2, 0.25) is 0 Å². The Labute approximate surface area is 125 Å². The zero-order chi connectivity index (χ0) is 14.2. The lowest BCUT2D eigenvalue weighted by molar-refractivity contribution is 0.0429. The van der Waals surface area contributed by atoms with Gasteiger partial charge in [0, 0.05) is 0 Å². The van der Waals surface area contributed by atoms with Crippen LogP contribution >= 0.6 is 0 Å². The summed E-state index contributed by atoms with van der Waals surface area (Å²) in [5.41, 5.74) is 0.677. The van der Waals surface area contributed by atoms with Crippen molar-refractivity contribution in [1.82, 2.24) is 0 Å². The summed E-state index contributed by atoms with van der Waals surface area (Å²) >= 11 is 0. The van der Waals surface area contributed by atoms with Crippen molar-refractivity contribution in [2.24, 2.45) is 17.8 Å². The van der Waals surface area contributed by atoms with Gasteiger partial charge in [-0.2, -0.15) is 0 Å². The Morgan fingerprint density at radius 3 is 2.76 bits per heavy atom. The van der Waals surface area contributed by atoms with Gasteiger partial charge in [0.25, 0.3) is 0 Å². The van der Waals surface area contributed by atoms with E-state index in [2.05, 4.69) is 6.42 Å². The molecule has 21 heavy (non-hydrogen) atoms. The van der Waals surface area contributed by atoms with Crippen LogP contribution in [0.5, 0.6) is 0 Å². The quantitative estimate of drug-likeness (QED) is 0.785. The summed E-state index contributed by atoms with van der Waals surface area (Å²) in [6, 6.07) is 13.8. The number of hydrogen-bond acceptors (Lipinski definition) is 2. The molecule has 0 aliphatic heterocycles. The highest BCUT2D eigenvalue weighted by Crippen LogP contribution is 2.47. The van der Waals surface area contributed by atoms with Crippen molar-refractivity contribution in [3.63, 3.8) is 0 Å². The molecule has 2 aromatic carbocycles. The number of carbonyl (C=O) groups is 1. The molecule has 0 unspecified atom stereocenters. The topological polar surface area (TPSA) is 26.3 Å². The van der Waals surface area contributed by atoms with Gasteiger partial charge in [0.1, 0.15) is 0 Å². The molecule has 0 spiro atoms. The summed E-state index contributed by atoms with van der Waals surface area (Å²) in [6.07, 6.45) is 6.34. The third-order valence-electron chi connectivity index (χ3n) is 5.06. The molecular formula is C19H19O2. The van der Waals surface area contributed by atoms with Crippen LogP contribution in [0.3, 0.4) is 0 Å². The highest BCUT2D eigenvalue weighted by molar-refractivity contribution is 6.04. The minimum absolute atomic E-state index is 0.192. The molecule has 0 heterocycles. The lowest BCUT2D eigenvalue weighted by Crippen LogP contribution is -2.20. The molecule has 2 bridgehead atoms. The van der Waals surface area contributed by atoms with Crippen molar-refractivity contribution in [1.29, 1.82) is 0 Å². The van der Waals surface area contributed by atoms with Crippen LogP contribution < -0.4 is 0 Å². The van der Waals surface area contributed by atoms with Crippen LogP contribution in [0, 0.1) is 24.2 Å². The van der Waals surface area contributed by atoms with E-state index in [1.165, 1.54) is 19.3 Å². The summed E-state index contributed by atoms with van der Waals surface area (Å²) in [7, 11) is 0. The molecule has 2 saturated carbocycles. The lowest BCUT2D eigenvalue weighted by atomic mass is 9.89. The van der Waals surface area contributed by atoms with Crippen molar-refractivity contribution >= 4 is 16.7 Å². The molecule has 2 fully saturated rings. The van der Waals surface area contributed by atoms with Gasteiger partial charge in [-0.05, 0) is 60.3 Å². The molecule has 2 aliphatic carbocycles. The fraction of sp³-hybridized carbons (Fsp3) is 0.368. The monoisotopic (exact) mass is 279 g/mol. The third kappa shape index (κ3) is 2.33. The maximum Gasteiger partial charge on any atom is 0.338 e. The van der Waals surface area contributed by atoms with E-state index in [9.17, 15) is 4.79 Å². The molecule has 1 radical (unpaired) electrons. The summed E-state index contributed by atoms with van der Waals surface area (Å²) < 4.78 is 5.60. The van der Waals surface area contributed by atoms with Crippen molar-refractivity contribution in [3.05, 3.63) is 54.4 Å². The number of rotatable bonds is 3. The lowest BCUT2D eigenvalue weighted by Gasteiger charge is -2.21. The fourth-order valence-corrected chi connectivity index (χ4v) is 3.97. The average Bonchev–Trinajstić information content (AvgIpc) is 3.15. The van der Waals surface area contributed by atoms with Gasteiger partial charge < -0.3 is 4.74 Å². The Morgan fingerprint density at radius 1 is 1.10 bits per heavy atom. The van der Waals surface area contributed by atoms with Crippen LogP contribution in [0.15, 0.2) is 42.5 Å². The van der Waals surface area contributed by atoms with Crippen molar-refractivity contribution < 1.29 is 9.53 Å². The van der Waals surface area contributed by atoms with E-state index in [-0.39, 0.29) is 5.97 Å². The second-order valence-corrected chi connectivity index (χ2v) is 6.31. The van der Waals surface area contributed by atoms with Crippen molar-refractivity contribution in [3.8, 4) is 0 Å². The van der Waals surface area contributed by atoms with Gasteiger partial charge >= 0.3 is 5.97 Å². The van der Waals surface area contributed by atoms with Crippen LogP contribution in [0.2, 0.25) is 0 Å². The van der Waals surface area contributed by atoms with Gasteiger partial charge in [-0.25, -0.2) is 4.79 Å². The summed E-state index contributed by atoms with van der Waals surface area (Å²) in [4.78, 5) is 12.4. The van der Waals surface area contributed by atoms with E-state index < -0.39 is 0 Å². The molecular weight excluding hydrogens is 260 g/mol. The Morgan fingerprint density at radius 2 is 1.95 bits per heavy atom. The number of hydrogen-bond donors (Lipinski definition) is 0. The Bertz CT molecular complexity index is 671. The van der Waals surface area contributed by atoms with Gasteiger partial charge in [0.05, 0.1) is 12.2 Å². The second-order valence-electron chi connectivity index (χ2n) is 6.31. The van der Waals surface area contributed by atoms with Gasteiger partial charge in [-0.3, -0.25) is 0 Å². The van der Waals surface area contributed by atoms with E-state index >= 15 is 0 Å². The largest absolute Gasteiger partial charge is 0.462 e. The molecule has 2 aliphatic rings. The van der Waals surface area contributed by atoms with E-state index in [0.717, 1.165) is 22.6 Å². The molecule has 2 nitrogen and oxygen atoms in total. The van der Waals surface area contributed by atoms with Crippen molar-refractivity contribution in [2.45, 2.75) is 19.3 Å². The first-order chi connectivity index (χ1) is 10.3. The first-order valence-electron chi connectivity index (χ1n) is 7.81. The first kappa shape index (κ1) is 12.9. The number of ether oxygens (including phenoxy) is 1. The van der Waals surface area contributed by atoms with Crippen LogP contribution in [0.4, 0.5) is 0 Å².